The number of unbranched alkanes of at least 4 members (excludes halogenated alkanes) is 1. The van der Waals surface area contributed by atoms with Crippen LogP contribution in [0.5, 0.6) is 0 Å². The van der Waals surface area contributed by atoms with E-state index in [1.165, 1.54) is 0 Å². The highest BCUT2D eigenvalue weighted by Gasteiger charge is 2.35. The molecule has 0 radical (unpaired) electrons. The smallest absolute Gasteiger partial charge is 0.408 e. The summed E-state index contributed by atoms with van der Waals surface area (Å²) < 4.78 is 5.29. The number of nitrogens with one attached hydrogen (secondary N) is 2. The Morgan fingerprint density at radius 1 is 1.03 bits per heavy atom. The quantitative estimate of drug-likeness (QED) is 0.491. The van der Waals surface area contributed by atoms with Crippen LogP contribution in [0.4, 0.5) is 4.79 Å². The molecule has 0 saturated carbocycles. The van der Waals surface area contributed by atoms with Crippen molar-refractivity contribution in [2.75, 3.05) is 0 Å². The molecule has 0 aliphatic carbocycles. The Labute approximate surface area is 175 Å². The second-order valence-corrected chi connectivity index (χ2v) is 9.82. The van der Waals surface area contributed by atoms with Gasteiger partial charge in [0.25, 0.3) is 0 Å². The average molecular weight is 413 g/mol. The van der Waals surface area contributed by atoms with E-state index < -0.39 is 35.2 Å². The molecule has 29 heavy (non-hydrogen) atoms. The van der Waals surface area contributed by atoms with Gasteiger partial charge in [-0.3, -0.25) is 4.79 Å². The molecule has 0 aliphatic heterocycles. The number of hydrogen-bond acceptors (Lipinski definition) is 4. The molecule has 0 saturated heterocycles. The van der Waals surface area contributed by atoms with Crippen molar-refractivity contribution < 1.29 is 24.2 Å². The molecule has 0 aromatic rings. The van der Waals surface area contributed by atoms with Crippen molar-refractivity contribution in [2.45, 2.75) is 99.3 Å². The van der Waals surface area contributed by atoms with E-state index in [1.807, 2.05) is 41.5 Å². The van der Waals surface area contributed by atoms with Gasteiger partial charge in [-0.2, -0.15) is 0 Å². The van der Waals surface area contributed by atoms with Crippen LogP contribution in [-0.2, 0) is 14.3 Å². The fourth-order valence-electron chi connectivity index (χ4n) is 2.59. The lowest BCUT2D eigenvalue weighted by molar-refractivity contribution is -0.133. The molecule has 7 nitrogen and oxygen atoms in total. The van der Waals surface area contributed by atoms with Gasteiger partial charge in [0.2, 0.25) is 5.91 Å². The lowest BCUT2D eigenvalue weighted by atomic mass is 9.85. The van der Waals surface area contributed by atoms with Crippen LogP contribution in [-0.4, -0.2) is 40.8 Å². The van der Waals surface area contributed by atoms with E-state index in [2.05, 4.69) is 10.6 Å². The summed E-state index contributed by atoms with van der Waals surface area (Å²) in [5.41, 5.74) is -0.954. The van der Waals surface area contributed by atoms with Gasteiger partial charge in [0.15, 0.2) is 0 Å². The van der Waals surface area contributed by atoms with E-state index in [4.69, 9.17) is 4.74 Å². The fourth-order valence-corrected chi connectivity index (χ4v) is 2.59. The third-order valence-electron chi connectivity index (χ3n) is 4.27. The number of carboxylic acid groups (broad SMARTS) is 1. The molecule has 0 unspecified atom stereocenters. The third-order valence-corrected chi connectivity index (χ3v) is 4.27. The third kappa shape index (κ3) is 10.9. The highest BCUT2D eigenvalue weighted by atomic mass is 16.6. The van der Waals surface area contributed by atoms with E-state index in [0.29, 0.717) is 12.0 Å². The average Bonchev–Trinajstić information content (AvgIpc) is 2.51. The lowest BCUT2D eigenvalue weighted by Gasteiger charge is -2.33. The van der Waals surface area contributed by atoms with E-state index >= 15 is 0 Å². The maximum atomic E-state index is 13.0. The van der Waals surface area contributed by atoms with Crippen LogP contribution in [0.3, 0.4) is 0 Å². The van der Waals surface area contributed by atoms with Gasteiger partial charge in [-0.1, -0.05) is 54.0 Å². The molecule has 3 N–H and O–H groups in total. The van der Waals surface area contributed by atoms with Gasteiger partial charge in [0.1, 0.15) is 11.6 Å². The molecule has 0 rings (SSSR count). The zero-order chi connectivity index (χ0) is 23.0. The highest BCUT2D eigenvalue weighted by molar-refractivity contribution is 5.88. The molecule has 0 fully saturated rings. The largest absolute Gasteiger partial charge is 0.478 e. The Balaban J connectivity index is 5.55. The molecule has 0 aromatic heterocycles. The van der Waals surface area contributed by atoms with Crippen molar-refractivity contribution in [3.05, 3.63) is 11.6 Å². The van der Waals surface area contributed by atoms with Crippen molar-refractivity contribution in [2.24, 2.45) is 11.3 Å². The number of amides is 2. The van der Waals surface area contributed by atoms with Gasteiger partial charge in [-0.25, -0.2) is 9.59 Å². The van der Waals surface area contributed by atoms with Crippen LogP contribution in [0.15, 0.2) is 11.6 Å². The van der Waals surface area contributed by atoms with Crippen molar-refractivity contribution in [1.29, 1.82) is 0 Å². The minimum atomic E-state index is -0.974. The van der Waals surface area contributed by atoms with Crippen LogP contribution in [0, 0.1) is 11.3 Å². The summed E-state index contributed by atoms with van der Waals surface area (Å²) in [6, 6.07) is -1.30. The van der Waals surface area contributed by atoms with Gasteiger partial charge >= 0.3 is 12.1 Å². The number of ether oxygens (including phenoxy) is 1. The Bertz CT molecular complexity index is 597. The Morgan fingerprint density at radius 2 is 1.59 bits per heavy atom. The minimum Gasteiger partial charge on any atom is -0.478 e. The minimum absolute atomic E-state index is 0.0166. The molecular formula is C22H40N2O5. The number of hydrogen-bond donors (Lipinski definition) is 3. The summed E-state index contributed by atoms with van der Waals surface area (Å²) in [5, 5.41) is 15.0. The van der Waals surface area contributed by atoms with Crippen molar-refractivity contribution in [1.82, 2.24) is 10.6 Å². The normalized spacial score (nSPS) is 14.9. The first-order chi connectivity index (χ1) is 13.1. The summed E-state index contributed by atoms with van der Waals surface area (Å²) >= 11 is 0. The SMILES string of the molecule is CCCC/C(=C\[C@@H](NC(=O)[C@@H](NC(=O)OC(C)(C)C)C(C)(C)C)C(C)C)C(=O)O. The second kappa shape index (κ2) is 11.2. The highest BCUT2D eigenvalue weighted by Crippen LogP contribution is 2.21. The topological polar surface area (TPSA) is 105 Å². The number of carbonyl (C=O) groups is 3. The number of aliphatic carboxylic acids is 1. The molecule has 0 spiro atoms. The first-order valence-electron chi connectivity index (χ1n) is 10.3. The van der Waals surface area contributed by atoms with Crippen LogP contribution >= 0.6 is 0 Å². The van der Waals surface area contributed by atoms with E-state index in [9.17, 15) is 19.5 Å². The zero-order valence-electron chi connectivity index (χ0n) is 19.5. The molecule has 0 aromatic carbocycles. The first-order valence-corrected chi connectivity index (χ1v) is 10.3. The molecule has 2 amide bonds. The molecule has 0 bridgehead atoms. The van der Waals surface area contributed by atoms with Crippen molar-refractivity contribution in [3.63, 3.8) is 0 Å². The van der Waals surface area contributed by atoms with Gasteiger partial charge in [-0.15, -0.1) is 0 Å². The predicted molar refractivity (Wildman–Crippen MR) is 115 cm³/mol. The Morgan fingerprint density at radius 3 is 1.97 bits per heavy atom. The molecule has 168 valence electrons. The molecule has 0 heterocycles. The number of carbonyl (C=O) groups excluding carboxylic acids is 2. The van der Waals surface area contributed by atoms with Gasteiger partial charge in [0, 0.05) is 5.57 Å². The Hall–Kier alpha value is -2.05. The second-order valence-electron chi connectivity index (χ2n) is 9.82. The van der Waals surface area contributed by atoms with Crippen molar-refractivity contribution in [3.8, 4) is 0 Å². The molecule has 0 aliphatic rings. The summed E-state index contributed by atoms with van der Waals surface area (Å²) in [6.07, 6.45) is 3.05. The van der Waals surface area contributed by atoms with Gasteiger partial charge < -0.3 is 20.5 Å². The number of rotatable bonds is 9. The summed E-state index contributed by atoms with van der Waals surface area (Å²) in [6.45, 7) is 16.6. The summed E-state index contributed by atoms with van der Waals surface area (Å²) in [4.78, 5) is 36.8. The Kier molecular flexibility index (Phi) is 10.4. The van der Waals surface area contributed by atoms with E-state index in [1.54, 1.807) is 26.8 Å². The lowest BCUT2D eigenvalue weighted by Crippen LogP contribution is -2.56. The van der Waals surface area contributed by atoms with Crippen LogP contribution in [0.1, 0.15) is 81.6 Å². The van der Waals surface area contributed by atoms with Gasteiger partial charge in [-0.05, 0) is 44.9 Å². The maximum Gasteiger partial charge on any atom is 0.408 e. The van der Waals surface area contributed by atoms with E-state index in [-0.39, 0.29) is 11.8 Å². The molecule has 7 heteroatoms. The maximum absolute atomic E-state index is 13.0. The van der Waals surface area contributed by atoms with Crippen LogP contribution in [0.2, 0.25) is 0 Å². The number of alkyl carbamates (subject to hydrolysis) is 1. The first kappa shape index (κ1) is 27.0. The van der Waals surface area contributed by atoms with Crippen LogP contribution < -0.4 is 10.6 Å². The predicted octanol–water partition coefficient (Wildman–Crippen LogP) is 4.27. The van der Waals surface area contributed by atoms with Gasteiger partial charge in [0.05, 0.1) is 6.04 Å². The van der Waals surface area contributed by atoms with E-state index in [0.717, 1.165) is 12.8 Å². The molecule has 2 atom stereocenters. The zero-order valence-corrected chi connectivity index (χ0v) is 19.5. The molecular weight excluding hydrogens is 372 g/mol. The summed E-state index contributed by atoms with van der Waals surface area (Å²) in [5.74, 6) is -1.37. The summed E-state index contributed by atoms with van der Waals surface area (Å²) in [7, 11) is 0. The monoisotopic (exact) mass is 412 g/mol. The van der Waals surface area contributed by atoms with Crippen LogP contribution in [0.25, 0.3) is 0 Å². The van der Waals surface area contributed by atoms with Crippen molar-refractivity contribution >= 4 is 18.0 Å². The fraction of sp³-hybridized carbons (Fsp3) is 0.773. The standard InChI is InChI=1S/C22H40N2O5/c1-10-11-12-15(19(26)27)13-16(14(2)3)23-18(25)17(21(4,5)6)24-20(28)29-22(7,8)9/h13-14,16-17H,10-12H2,1-9H3,(H,23,25)(H,24,28)(H,26,27)/b15-13+/t16-,17-/m1/s1. The number of carboxylic acids is 1.